The average molecular weight is 408 g/mol. The zero-order valence-electron chi connectivity index (χ0n) is 18.9. The fraction of sp³-hybridized carbons (Fsp3) is 0.762. The molecule has 8 nitrogen and oxygen atoms in total. The molecule has 0 saturated heterocycles. The Labute approximate surface area is 174 Å². The number of aliphatic imine (C=N–C) groups is 1. The van der Waals surface area contributed by atoms with Crippen LogP contribution in [0.25, 0.3) is 0 Å². The second-order valence-corrected chi connectivity index (χ2v) is 9.63. The van der Waals surface area contributed by atoms with E-state index in [4.69, 9.17) is 9.15 Å². The highest BCUT2D eigenvalue weighted by Gasteiger charge is 2.25. The smallest absolute Gasteiger partial charge is 0.407 e. The van der Waals surface area contributed by atoms with Gasteiger partial charge >= 0.3 is 6.09 Å². The predicted molar refractivity (Wildman–Crippen MR) is 114 cm³/mol. The molecule has 0 bridgehead atoms. The zero-order chi connectivity index (χ0) is 21.7. The molecule has 1 aromatic heterocycles. The summed E-state index contributed by atoms with van der Waals surface area (Å²) in [7, 11) is 1.75. The second kappa shape index (κ2) is 9.50. The van der Waals surface area contributed by atoms with Crippen LogP contribution in [0.15, 0.2) is 15.6 Å². The van der Waals surface area contributed by atoms with E-state index in [1.807, 2.05) is 20.8 Å². The van der Waals surface area contributed by atoms with Gasteiger partial charge in [-0.2, -0.15) is 0 Å². The summed E-state index contributed by atoms with van der Waals surface area (Å²) < 4.78 is 11.1. The summed E-state index contributed by atoms with van der Waals surface area (Å²) in [5.74, 6) is 2.24. The van der Waals surface area contributed by atoms with E-state index in [0.29, 0.717) is 18.5 Å². The Hall–Kier alpha value is -2.25. The zero-order valence-corrected chi connectivity index (χ0v) is 18.9. The molecule has 1 heterocycles. The molecule has 3 N–H and O–H groups in total. The van der Waals surface area contributed by atoms with E-state index in [1.165, 1.54) is 0 Å². The molecule has 2 rings (SSSR count). The maximum atomic E-state index is 11.9. The molecule has 1 aliphatic carbocycles. The van der Waals surface area contributed by atoms with Crippen molar-refractivity contribution in [1.82, 2.24) is 20.9 Å². The third-order valence-electron chi connectivity index (χ3n) is 4.71. The lowest BCUT2D eigenvalue weighted by atomic mass is 9.91. The summed E-state index contributed by atoms with van der Waals surface area (Å²) in [5.41, 5.74) is -0.533. The highest BCUT2D eigenvalue weighted by atomic mass is 16.6. The van der Waals surface area contributed by atoms with Gasteiger partial charge in [-0.3, -0.25) is 4.99 Å². The first-order valence-electron chi connectivity index (χ1n) is 10.4. The molecular weight excluding hydrogens is 370 g/mol. The van der Waals surface area contributed by atoms with Gasteiger partial charge in [0.1, 0.15) is 11.4 Å². The maximum absolute atomic E-state index is 11.9. The Morgan fingerprint density at radius 1 is 1.14 bits per heavy atom. The van der Waals surface area contributed by atoms with E-state index in [1.54, 1.807) is 13.2 Å². The molecule has 1 aliphatic rings. The van der Waals surface area contributed by atoms with Gasteiger partial charge in [-0.15, -0.1) is 0 Å². The van der Waals surface area contributed by atoms with Gasteiger partial charge in [0.05, 0.1) is 12.7 Å². The third kappa shape index (κ3) is 7.95. The number of nitrogens with zero attached hydrogens (tertiary/aromatic N) is 2. The molecule has 8 heteroatoms. The van der Waals surface area contributed by atoms with Crippen LogP contribution in [-0.2, 0) is 16.7 Å². The standard InChI is InChI=1S/C21H37N5O3/c1-20(2,3)16-12-23-17(28-16)13-24-18(22-7)25-14-8-10-15(11-9-14)26-19(27)29-21(4,5)6/h12,14-15H,8-11,13H2,1-7H3,(H,26,27)(H2,22,24,25). The minimum atomic E-state index is -0.475. The SMILES string of the molecule is CN=C(NCc1ncc(C(C)(C)C)o1)NC1CCC(NC(=O)OC(C)(C)C)CC1. The van der Waals surface area contributed by atoms with Crippen molar-refractivity contribution in [3.63, 3.8) is 0 Å². The summed E-state index contributed by atoms with van der Waals surface area (Å²) in [6.07, 6.45) is 5.16. The van der Waals surface area contributed by atoms with Crippen LogP contribution in [0.4, 0.5) is 4.79 Å². The quantitative estimate of drug-likeness (QED) is 0.522. The van der Waals surface area contributed by atoms with Crippen LogP contribution in [0.3, 0.4) is 0 Å². The molecule has 0 atom stereocenters. The number of rotatable bonds is 4. The van der Waals surface area contributed by atoms with Gasteiger partial charge in [-0.25, -0.2) is 9.78 Å². The third-order valence-corrected chi connectivity index (χ3v) is 4.71. The van der Waals surface area contributed by atoms with E-state index >= 15 is 0 Å². The number of ether oxygens (including phenoxy) is 1. The molecule has 0 aliphatic heterocycles. The monoisotopic (exact) mass is 407 g/mol. The predicted octanol–water partition coefficient (Wildman–Crippen LogP) is 3.47. The Morgan fingerprint density at radius 3 is 2.21 bits per heavy atom. The fourth-order valence-electron chi connectivity index (χ4n) is 3.14. The Bertz CT molecular complexity index is 692. The van der Waals surface area contributed by atoms with Crippen LogP contribution in [0, 0.1) is 0 Å². The van der Waals surface area contributed by atoms with Gasteiger partial charge < -0.3 is 25.1 Å². The molecule has 164 valence electrons. The topological polar surface area (TPSA) is 101 Å². The molecule has 0 radical (unpaired) electrons. The number of nitrogens with one attached hydrogen (secondary N) is 3. The molecule has 1 saturated carbocycles. The van der Waals surface area contributed by atoms with Gasteiger partial charge in [-0.1, -0.05) is 20.8 Å². The molecule has 1 fully saturated rings. The summed E-state index contributed by atoms with van der Waals surface area (Å²) in [4.78, 5) is 20.6. The molecule has 1 amide bonds. The first-order chi connectivity index (χ1) is 13.5. The Morgan fingerprint density at radius 2 is 1.72 bits per heavy atom. The summed E-state index contributed by atoms with van der Waals surface area (Å²) >= 11 is 0. The maximum Gasteiger partial charge on any atom is 0.407 e. The van der Waals surface area contributed by atoms with E-state index in [0.717, 1.165) is 37.4 Å². The lowest BCUT2D eigenvalue weighted by Crippen LogP contribution is -2.47. The molecule has 0 spiro atoms. The highest BCUT2D eigenvalue weighted by molar-refractivity contribution is 5.79. The Balaban J connectivity index is 1.74. The van der Waals surface area contributed by atoms with Crippen LogP contribution < -0.4 is 16.0 Å². The Kier molecular flexibility index (Phi) is 7.54. The van der Waals surface area contributed by atoms with E-state index in [2.05, 4.69) is 46.7 Å². The summed E-state index contributed by atoms with van der Waals surface area (Å²) in [5, 5.41) is 9.68. The fourth-order valence-corrected chi connectivity index (χ4v) is 3.14. The number of oxazole rings is 1. The summed E-state index contributed by atoms with van der Waals surface area (Å²) in [6, 6.07) is 0.466. The van der Waals surface area contributed by atoms with E-state index < -0.39 is 5.60 Å². The lowest BCUT2D eigenvalue weighted by Gasteiger charge is -2.31. The van der Waals surface area contributed by atoms with Crippen LogP contribution >= 0.6 is 0 Å². The van der Waals surface area contributed by atoms with Crippen LogP contribution in [0.5, 0.6) is 0 Å². The van der Waals surface area contributed by atoms with Crippen molar-refractivity contribution in [2.24, 2.45) is 4.99 Å². The van der Waals surface area contributed by atoms with Gasteiger partial charge in [0.2, 0.25) is 5.89 Å². The van der Waals surface area contributed by atoms with Crippen molar-refractivity contribution in [1.29, 1.82) is 0 Å². The molecule has 29 heavy (non-hydrogen) atoms. The molecule has 0 aromatic carbocycles. The summed E-state index contributed by atoms with van der Waals surface area (Å²) in [6.45, 7) is 12.4. The van der Waals surface area contributed by atoms with Crippen LogP contribution in [0.1, 0.15) is 78.9 Å². The van der Waals surface area contributed by atoms with Crippen molar-refractivity contribution in [2.45, 2.75) is 96.9 Å². The largest absolute Gasteiger partial charge is 0.444 e. The van der Waals surface area contributed by atoms with Gasteiger partial charge in [0.15, 0.2) is 5.96 Å². The van der Waals surface area contributed by atoms with E-state index in [-0.39, 0.29) is 17.6 Å². The van der Waals surface area contributed by atoms with Crippen molar-refractivity contribution in [2.75, 3.05) is 7.05 Å². The molecular formula is C21H37N5O3. The minimum Gasteiger partial charge on any atom is -0.444 e. The van der Waals surface area contributed by atoms with Gasteiger partial charge in [0.25, 0.3) is 0 Å². The highest BCUT2D eigenvalue weighted by Crippen LogP contribution is 2.22. The van der Waals surface area contributed by atoms with Crippen LogP contribution in [0.2, 0.25) is 0 Å². The van der Waals surface area contributed by atoms with Crippen molar-refractivity contribution in [3.8, 4) is 0 Å². The molecule has 1 aromatic rings. The van der Waals surface area contributed by atoms with Crippen LogP contribution in [-0.4, -0.2) is 41.8 Å². The number of guanidine groups is 1. The number of alkyl carbamates (subject to hydrolysis) is 1. The van der Waals surface area contributed by atoms with E-state index in [9.17, 15) is 4.79 Å². The number of aromatic nitrogens is 1. The van der Waals surface area contributed by atoms with Gasteiger partial charge in [0, 0.05) is 24.5 Å². The number of hydrogen-bond donors (Lipinski definition) is 3. The van der Waals surface area contributed by atoms with Gasteiger partial charge in [-0.05, 0) is 46.5 Å². The van der Waals surface area contributed by atoms with Crippen molar-refractivity contribution in [3.05, 3.63) is 17.8 Å². The number of carbonyl (C=O) groups excluding carboxylic acids is 1. The first kappa shape index (κ1) is 23.0. The minimum absolute atomic E-state index is 0.0584. The van der Waals surface area contributed by atoms with Crippen molar-refractivity contribution < 1.29 is 13.9 Å². The number of carbonyl (C=O) groups is 1. The first-order valence-corrected chi connectivity index (χ1v) is 10.4. The second-order valence-electron chi connectivity index (χ2n) is 9.63. The molecule has 0 unspecified atom stereocenters. The number of amides is 1. The van der Waals surface area contributed by atoms with Crippen molar-refractivity contribution >= 4 is 12.1 Å². The average Bonchev–Trinajstić information content (AvgIpc) is 3.08. The normalized spacial score (nSPS) is 20.9. The number of hydrogen-bond acceptors (Lipinski definition) is 5. The lowest BCUT2D eigenvalue weighted by molar-refractivity contribution is 0.0490.